The lowest BCUT2D eigenvalue weighted by atomic mass is 10.1. The van der Waals surface area contributed by atoms with E-state index in [9.17, 15) is 18.0 Å². The van der Waals surface area contributed by atoms with Crippen LogP contribution in [0.2, 0.25) is 0 Å². The first-order chi connectivity index (χ1) is 20.6. The van der Waals surface area contributed by atoms with Crippen LogP contribution < -0.4 is 19.8 Å². The summed E-state index contributed by atoms with van der Waals surface area (Å²) in [4.78, 5) is 25.2. The molecule has 43 heavy (non-hydrogen) atoms. The summed E-state index contributed by atoms with van der Waals surface area (Å²) >= 11 is 0. The maximum atomic E-state index is 13.5. The molecule has 222 valence electrons. The average Bonchev–Trinajstić information content (AvgIpc) is 3.02. The van der Waals surface area contributed by atoms with Crippen LogP contribution in [0.4, 0.5) is 5.69 Å². The van der Waals surface area contributed by atoms with E-state index >= 15 is 0 Å². The van der Waals surface area contributed by atoms with Gasteiger partial charge in [-0.05, 0) is 85.5 Å². The summed E-state index contributed by atoms with van der Waals surface area (Å²) in [7, 11) is -4.02. The number of nitrogens with one attached hydrogen (secondary N) is 2. The van der Waals surface area contributed by atoms with E-state index in [1.165, 1.54) is 18.3 Å². The maximum absolute atomic E-state index is 13.5. The fourth-order valence-electron chi connectivity index (χ4n) is 4.28. The van der Waals surface area contributed by atoms with Crippen LogP contribution in [-0.2, 0) is 19.6 Å². The first-order valence-electron chi connectivity index (χ1n) is 13.7. The van der Waals surface area contributed by atoms with Gasteiger partial charge in [0.05, 0.1) is 22.8 Å². The number of anilines is 1. The van der Waals surface area contributed by atoms with Crippen LogP contribution in [0, 0.1) is 13.8 Å². The number of carbonyl (C=O) groups excluding carboxylic acids is 2. The normalized spacial score (nSPS) is 12.0. The van der Waals surface area contributed by atoms with Crippen LogP contribution in [0.5, 0.6) is 5.75 Å². The van der Waals surface area contributed by atoms with E-state index in [0.717, 1.165) is 21.0 Å². The van der Waals surface area contributed by atoms with Gasteiger partial charge in [0.25, 0.3) is 21.8 Å². The minimum absolute atomic E-state index is 0.0812. The highest BCUT2D eigenvalue weighted by Gasteiger charge is 2.28. The quantitative estimate of drug-likeness (QED) is 0.178. The van der Waals surface area contributed by atoms with E-state index in [4.69, 9.17) is 4.74 Å². The van der Waals surface area contributed by atoms with E-state index in [0.29, 0.717) is 17.0 Å². The minimum Gasteiger partial charge on any atom is -0.484 e. The lowest BCUT2D eigenvalue weighted by molar-refractivity contribution is -0.123. The molecule has 0 saturated carbocycles. The van der Waals surface area contributed by atoms with Crippen molar-refractivity contribution >= 4 is 33.7 Å². The fourth-order valence-corrected chi connectivity index (χ4v) is 5.78. The van der Waals surface area contributed by atoms with Crippen molar-refractivity contribution in [2.24, 2.45) is 5.10 Å². The Morgan fingerprint density at radius 3 is 2.19 bits per heavy atom. The molecule has 10 heteroatoms. The Kier molecular flexibility index (Phi) is 10.3. The molecule has 0 spiro atoms. The van der Waals surface area contributed by atoms with Gasteiger partial charge in [0.2, 0.25) is 0 Å². The van der Waals surface area contributed by atoms with Crippen LogP contribution in [0.25, 0.3) is 0 Å². The number of rotatable bonds is 12. The second-order valence-corrected chi connectivity index (χ2v) is 11.8. The number of aryl methyl sites for hydroxylation is 1. The van der Waals surface area contributed by atoms with Crippen molar-refractivity contribution in [1.82, 2.24) is 10.7 Å². The predicted octanol–water partition coefficient (Wildman–Crippen LogP) is 4.91. The van der Waals surface area contributed by atoms with Crippen molar-refractivity contribution < 1.29 is 22.7 Å². The van der Waals surface area contributed by atoms with Crippen molar-refractivity contribution in [3.8, 4) is 5.75 Å². The molecule has 4 aromatic rings. The number of hydrogen-bond donors (Lipinski definition) is 2. The van der Waals surface area contributed by atoms with Crippen LogP contribution >= 0.6 is 0 Å². The molecule has 0 aliphatic heterocycles. The standard InChI is InChI=1S/C33H34N4O5S/c1-24-11-10-16-31(25(24)2)37(43(40,41)30-14-8-5-9-15-30)22-32(38)36-34-21-27-17-19-29(20-18-27)42-23-33(39)35-26(3)28-12-6-4-7-13-28/h4-21,26H,22-23H2,1-3H3,(H,35,39)(H,36,38). The molecule has 0 fully saturated rings. The Hall–Kier alpha value is -4.96. The second-order valence-electron chi connectivity index (χ2n) is 9.89. The van der Waals surface area contributed by atoms with Crippen LogP contribution in [0.3, 0.4) is 0 Å². The fraction of sp³-hybridized carbons (Fsp3) is 0.182. The highest BCUT2D eigenvalue weighted by atomic mass is 32.2. The monoisotopic (exact) mass is 598 g/mol. The van der Waals surface area contributed by atoms with Crippen molar-refractivity contribution in [3.63, 3.8) is 0 Å². The smallest absolute Gasteiger partial charge is 0.264 e. The number of sulfonamides is 1. The number of hydrazone groups is 1. The van der Waals surface area contributed by atoms with Crippen LogP contribution in [0.15, 0.2) is 113 Å². The molecule has 0 aliphatic rings. The Morgan fingerprint density at radius 2 is 1.51 bits per heavy atom. The number of hydrogen-bond acceptors (Lipinski definition) is 6. The van der Waals surface area contributed by atoms with Gasteiger partial charge in [0, 0.05) is 0 Å². The van der Waals surface area contributed by atoms with E-state index in [1.807, 2.05) is 57.2 Å². The van der Waals surface area contributed by atoms with Crippen molar-refractivity contribution in [3.05, 3.63) is 125 Å². The summed E-state index contributed by atoms with van der Waals surface area (Å²) in [5.41, 5.74) is 6.16. The van der Waals surface area contributed by atoms with Gasteiger partial charge in [0.1, 0.15) is 12.3 Å². The highest BCUT2D eigenvalue weighted by Crippen LogP contribution is 2.28. The first kappa shape index (κ1) is 31.0. The summed E-state index contributed by atoms with van der Waals surface area (Å²) in [5.74, 6) is -0.347. The molecule has 0 radical (unpaired) electrons. The molecule has 0 heterocycles. The zero-order valence-electron chi connectivity index (χ0n) is 24.2. The second kappa shape index (κ2) is 14.3. The molecule has 0 aromatic heterocycles. The molecular formula is C33H34N4O5S. The van der Waals surface area contributed by atoms with Crippen LogP contribution in [-0.4, -0.2) is 39.6 Å². The Labute approximate surface area is 252 Å². The number of nitrogens with zero attached hydrogens (tertiary/aromatic N) is 2. The molecular weight excluding hydrogens is 564 g/mol. The SMILES string of the molecule is Cc1cccc(N(CC(=O)NN=Cc2ccc(OCC(=O)NC(C)c3ccccc3)cc2)S(=O)(=O)c2ccccc2)c1C. The molecule has 2 N–H and O–H groups in total. The zero-order chi connectivity index (χ0) is 30.8. The molecule has 4 rings (SSSR count). The molecule has 1 atom stereocenters. The third kappa shape index (κ3) is 8.30. The molecule has 9 nitrogen and oxygen atoms in total. The van der Waals surface area contributed by atoms with Crippen molar-refractivity contribution in [2.75, 3.05) is 17.5 Å². The van der Waals surface area contributed by atoms with E-state index in [1.54, 1.807) is 54.6 Å². The Morgan fingerprint density at radius 1 is 0.860 bits per heavy atom. The number of benzene rings is 4. The van der Waals surface area contributed by atoms with Gasteiger partial charge in [0.15, 0.2) is 6.61 Å². The van der Waals surface area contributed by atoms with Crippen molar-refractivity contribution in [2.45, 2.75) is 31.7 Å². The van der Waals surface area contributed by atoms with Gasteiger partial charge in [-0.25, -0.2) is 13.8 Å². The van der Waals surface area contributed by atoms with E-state index < -0.39 is 22.5 Å². The Bertz CT molecular complexity index is 1680. The van der Waals surface area contributed by atoms with Gasteiger partial charge in [-0.15, -0.1) is 0 Å². The Balaban J connectivity index is 1.34. The lowest BCUT2D eigenvalue weighted by Gasteiger charge is -2.26. The third-order valence-electron chi connectivity index (χ3n) is 6.79. The van der Waals surface area contributed by atoms with Crippen molar-refractivity contribution in [1.29, 1.82) is 0 Å². The van der Waals surface area contributed by atoms with Gasteiger partial charge >= 0.3 is 0 Å². The van der Waals surface area contributed by atoms with Gasteiger partial charge in [-0.2, -0.15) is 5.10 Å². The zero-order valence-corrected chi connectivity index (χ0v) is 25.0. The lowest BCUT2D eigenvalue weighted by Crippen LogP contribution is -2.40. The summed E-state index contributed by atoms with van der Waals surface area (Å²) in [6.45, 7) is 5.01. The molecule has 0 aliphatic carbocycles. The molecule has 0 saturated heterocycles. The number of ether oxygens (including phenoxy) is 1. The molecule has 1 unspecified atom stereocenters. The summed E-state index contributed by atoms with van der Waals surface area (Å²) in [5, 5.41) is 6.90. The summed E-state index contributed by atoms with van der Waals surface area (Å²) in [6.07, 6.45) is 1.43. The predicted molar refractivity (Wildman–Crippen MR) is 168 cm³/mol. The van der Waals surface area contributed by atoms with Gasteiger partial charge < -0.3 is 10.1 Å². The van der Waals surface area contributed by atoms with E-state index in [2.05, 4.69) is 15.8 Å². The van der Waals surface area contributed by atoms with Crippen LogP contribution in [0.1, 0.15) is 35.2 Å². The topological polar surface area (TPSA) is 117 Å². The third-order valence-corrected chi connectivity index (χ3v) is 8.57. The summed E-state index contributed by atoms with van der Waals surface area (Å²) < 4.78 is 33.8. The maximum Gasteiger partial charge on any atom is 0.264 e. The average molecular weight is 599 g/mol. The number of carbonyl (C=O) groups is 2. The van der Waals surface area contributed by atoms with E-state index in [-0.39, 0.29) is 23.5 Å². The molecule has 4 aromatic carbocycles. The molecule has 2 amide bonds. The first-order valence-corrected chi connectivity index (χ1v) is 15.1. The van der Waals surface area contributed by atoms with Gasteiger partial charge in [-0.1, -0.05) is 60.7 Å². The summed E-state index contributed by atoms with van der Waals surface area (Å²) in [6, 6.07) is 29.6. The number of amides is 2. The van der Waals surface area contributed by atoms with Gasteiger partial charge in [-0.3, -0.25) is 13.9 Å². The largest absolute Gasteiger partial charge is 0.484 e. The minimum atomic E-state index is -4.02. The molecule has 0 bridgehead atoms. The highest BCUT2D eigenvalue weighted by molar-refractivity contribution is 7.92.